The number of pyridine rings is 2. The Morgan fingerprint density at radius 3 is 1.51 bits per heavy atom. The van der Waals surface area contributed by atoms with Crippen LogP contribution in [0.2, 0.25) is 0 Å². The zero-order chi connectivity index (χ0) is 42.4. The summed E-state index contributed by atoms with van der Waals surface area (Å²) in [6, 6.07) is 76.7. The van der Waals surface area contributed by atoms with Gasteiger partial charge in [0.1, 0.15) is 0 Å². The van der Waals surface area contributed by atoms with Crippen molar-refractivity contribution in [3.8, 4) is 33.6 Å². The topological polar surface area (TPSA) is 32.3 Å². The molecule has 2 spiro atoms. The molecule has 0 fully saturated rings. The van der Waals surface area contributed by atoms with Gasteiger partial charge in [-0.2, -0.15) is 0 Å². The van der Waals surface area contributed by atoms with Crippen LogP contribution in [0.4, 0.5) is 34.1 Å². The first-order valence-corrected chi connectivity index (χ1v) is 23.1. The number of fused-ring (bicyclic) bond motifs is 21. The monoisotopic (exact) mass is 844 g/mol. The summed E-state index contributed by atoms with van der Waals surface area (Å²) in [5, 5.41) is 0. The first kappa shape index (κ1) is 35.5. The Kier molecular flexibility index (Phi) is 6.99. The van der Waals surface area contributed by atoms with E-state index in [2.05, 4.69) is 222 Å². The molecule has 0 amide bonds. The summed E-state index contributed by atoms with van der Waals surface area (Å²) < 4.78 is 0. The van der Waals surface area contributed by atoms with E-state index in [-0.39, 0.29) is 0 Å². The summed E-state index contributed by atoms with van der Waals surface area (Å²) in [7, 11) is 0. The SMILES string of the molecule is c1ccc(N2c3ccccc3C3(c4cc5c(cc42)C2(c4ccccc4-c4ccccc42)c2ccccc2-5)c2cccnc2-c2ncc(N4c5ccccc5Sc5ccccc54)cc23)cc1. The molecular weight excluding hydrogens is 809 g/mol. The van der Waals surface area contributed by atoms with Crippen LogP contribution < -0.4 is 9.80 Å². The van der Waals surface area contributed by atoms with Crippen molar-refractivity contribution in [2.24, 2.45) is 0 Å². The van der Waals surface area contributed by atoms with Gasteiger partial charge >= 0.3 is 0 Å². The number of benzene rings is 8. The summed E-state index contributed by atoms with van der Waals surface area (Å²) in [4.78, 5) is 18.1. The zero-order valence-corrected chi connectivity index (χ0v) is 35.8. The summed E-state index contributed by atoms with van der Waals surface area (Å²) in [5.74, 6) is 0. The van der Waals surface area contributed by atoms with Crippen molar-refractivity contribution in [3.63, 3.8) is 0 Å². The molecular formula is C60H36N4S. The molecule has 5 aliphatic rings. The molecule has 2 aromatic heterocycles. The van der Waals surface area contributed by atoms with Crippen LogP contribution in [0.15, 0.2) is 228 Å². The highest BCUT2D eigenvalue weighted by atomic mass is 32.2. The number of nitrogens with zero attached hydrogens (tertiary/aromatic N) is 4. The van der Waals surface area contributed by atoms with Gasteiger partial charge in [0, 0.05) is 27.2 Å². The normalized spacial score (nSPS) is 16.7. The van der Waals surface area contributed by atoms with Gasteiger partial charge in [0.2, 0.25) is 0 Å². The number of aromatic nitrogens is 2. The van der Waals surface area contributed by atoms with Crippen molar-refractivity contribution < 1.29 is 0 Å². The van der Waals surface area contributed by atoms with Crippen molar-refractivity contribution in [1.82, 2.24) is 9.97 Å². The highest BCUT2D eigenvalue weighted by Crippen LogP contribution is 2.68. The van der Waals surface area contributed by atoms with E-state index in [1.54, 1.807) is 0 Å². The molecule has 0 saturated heterocycles. The van der Waals surface area contributed by atoms with E-state index in [0.717, 1.165) is 56.6 Å². The average Bonchev–Trinajstić information content (AvgIpc) is 3.95. The molecule has 10 aromatic rings. The van der Waals surface area contributed by atoms with Gasteiger partial charge in [-0.25, -0.2) is 0 Å². The predicted octanol–water partition coefficient (Wildman–Crippen LogP) is 14.9. The third-order valence-corrected chi connectivity index (χ3v) is 15.9. The fourth-order valence-electron chi connectivity index (χ4n) is 12.4. The second-order valence-corrected chi connectivity index (χ2v) is 18.7. The Bertz CT molecular complexity index is 3600. The molecule has 1 atom stereocenters. The molecule has 5 heteroatoms. The molecule has 4 nitrogen and oxygen atoms in total. The van der Waals surface area contributed by atoms with Gasteiger partial charge in [0.15, 0.2) is 0 Å². The number of anilines is 6. The minimum Gasteiger partial charge on any atom is -0.310 e. The predicted molar refractivity (Wildman–Crippen MR) is 263 cm³/mol. The highest BCUT2D eigenvalue weighted by molar-refractivity contribution is 7.99. The van der Waals surface area contributed by atoms with E-state index in [0.29, 0.717) is 0 Å². The van der Waals surface area contributed by atoms with E-state index in [1.165, 1.54) is 65.4 Å². The maximum Gasteiger partial charge on any atom is 0.0939 e. The van der Waals surface area contributed by atoms with Gasteiger partial charge in [-0.05, 0) is 128 Å². The van der Waals surface area contributed by atoms with Gasteiger partial charge in [-0.1, -0.05) is 151 Å². The van der Waals surface area contributed by atoms with Crippen molar-refractivity contribution in [3.05, 3.63) is 263 Å². The molecule has 0 saturated carbocycles. The maximum absolute atomic E-state index is 5.49. The quantitative estimate of drug-likeness (QED) is 0.173. The van der Waals surface area contributed by atoms with E-state index in [1.807, 2.05) is 18.0 Å². The van der Waals surface area contributed by atoms with Crippen LogP contribution in [0, 0.1) is 0 Å². The lowest BCUT2D eigenvalue weighted by atomic mass is 9.63. The fourth-order valence-corrected chi connectivity index (χ4v) is 13.4. The van der Waals surface area contributed by atoms with Crippen LogP contribution in [-0.2, 0) is 10.8 Å². The van der Waals surface area contributed by atoms with Gasteiger partial charge in [0.05, 0.1) is 56.9 Å². The van der Waals surface area contributed by atoms with E-state index >= 15 is 0 Å². The average molecular weight is 845 g/mol. The molecule has 8 aromatic carbocycles. The Balaban J connectivity index is 1.09. The van der Waals surface area contributed by atoms with Crippen molar-refractivity contribution in [1.29, 1.82) is 0 Å². The number of hydrogen-bond donors (Lipinski definition) is 0. The van der Waals surface area contributed by atoms with Crippen LogP contribution in [0.1, 0.15) is 44.5 Å². The zero-order valence-electron chi connectivity index (χ0n) is 35.0. The lowest BCUT2D eigenvalue weighted by Gasteiger charge is -2.45. The largest absolute Gasteiger partial charge is 0.310 e. The van der Waals surface area contributed by atoms with Crippen LogP contribution in [0.5, 0.6) is 0 Å². The van der Waals surface area contributed by atoms with Gasteiger partial charge in [-0.15, -0.1) is 0 Å². The van der Waals surface area contributed by atoms with Crippen LogP contribution >= 0.6 is 11.8 Å². The van der Waals surface area contributed by atoms with Crippen LogP contribution in [-0.4, -0.2) is 9.97 Å². The highest BCUT2D eigenvalue weighted by Gasteiger charge is 2.57. The Labute approximate surface area is 381 Å². The smallest absolute Gasteiger partial charge is 0.0939 e. The molecule has 3 aliphatic carbocycles. The summed E-state index contributed by atoms with van der Waals surface area (Å²) in [6.45, 7) is 0. The number of hydrogen-bond acceptors (Lipinski definition) is 5. The van der Waals surface area contributed by atoms with Crippen molar-refractivity contribution in [2.45, 2.75) is 20.6 Å². The molecule has 4 heterocycles. The Hall–Kier alpha value is -7.99. The third-order valence-electron chi connectivity index (χ3n) is 14.7. The van der Waals surface area contributed by atoms with E-state index in [4.69, 9.17) is 9.97 Å². The second-order valence-electron chi connectivity index (χ2n) is 17.6. The molecule has 0 bridgehead atoms. The summed E-state index contributed by atoms with van der Waals surface area (Å²) in [5.41, 5.74) is 22.4. The second kappa shape index (κ2) is 12.8. The Morgan fingerprint density at radius 2 is 0.831 bits per heavy atom. The fraction of sp³-hybridized carbons (Fsp3) is 0.0333. The van der Waals surface area contributed by atoms with Gasteiger partial charge in [0.25, 0.3) is 0 Å². The standard InChI is InChI=1S/C60H36N4S/c1-2-17-37(18-3-1)63-51-27-11-10-25-46(51)60(47-26-16-32-61-57(47)58-50(60)33-38(36-62-58)64-52-28-12-14-30-55(52)65-56-31-15-13-29-53(56)64)49-34-42-41-21-6-9-24-45(41)59(48(42)35-54(49)63)43-22-7-4-19-39(43)40-20-5-8-23-44(40)59/h1-36H. The minimum atomic E-state index is -0.770. The molecule has 65 heavy (non-hydrogen) atoms. The van der Waals surface area contributed by atoms with Crippen molar-refractivity contribution >= 4 is 45.9 Å². The molecule has 2 aliphatic heterocycles. The number of rotatable bonds is 2. The first-order chi connectivity index (χ1) is 32.3. The lowest BCUT2D eigenvalue weighted by Crippen LogP contribution is -2.37. The molecule has 0 radical (unpaired) electrons. The number of para-hydroxylation sites is 4. The van der Waals surface area contributed by atoms with Gasteiger partial charge in [-0.3, -0.25) is 9.97 Å². The van der Waals surface area contributed by atoms with Crippen LogP contribution in [0.3, 0.4) is 0 Å². The lowest BCUT2D eigenvalue weighted by molar-refractivity contribution is 0.744. The first-order valence-electron chi connectivity index (χ1n) is 22.3. The van der Waals surface area contributed by atoms with Crippen molar-refractivity contribution in [2.75, 3.05) is 9.80 Å². The molecule has 1 unspecified atom stereocenters. The molecule has 15 rings (SSSR count). The van der Waals surface area contributed by atoms with Crippen LogP contribution in [0.25, 0.3) is 33.6 Å². The molecule has 302 valence electrons. The van der Waals surface area contributed by atoms with E-state index < -0.39 is 10.8 Å². The summed E-state index contributed by atoms with van der Waals surface area (Å²) in [6.07, 6.45) is 3.98. The maximum atomic E-state index is 5.49. The van der Waals surface area contributed by atoms with E-state index in [9.17, 15) is 0 Å². The summed E-state index contributed by atoms with van der Waals surface area (Å²) >= 11 is 1.82. The minimum absolute atomic E-state index is 0.505. The molecule has 0 N–H and O–H groups in total. The Morgan fingerprint density at radius 1 is 0.323 bits per heavy atom. The third kappa shape index (κ3) is 4.34. The van der Waals surface area contributed by atoms with Gasteiger partial charge < -0.3 is 9.80 Å².